The van der Waals surface area contributed by atoms with Gasteiger partial charge in [0.2, 0.25) is 11.8 Å². The van der Waals surface area contributed by atoms with Gasteiger partial charge >= 0.3 is 0 Å². The van der Waals surface area contributed by atoms with Crippen molar-refractivity contribution in [3.05, 3.63) is 52.8 Å². The van der Waals surface area contributed by atoms with E-state index < -0.39 is 17.8 Å². The minimum absolute atomic E-state index is 0.0113. The largest absolute Gasteiger partial charge is 0.349 e. The summed E-state index contributed by atoms with van der Waals surface area (Å²) in [6.45, 7) is 9.08. The van der Waals surface area contributed by atoms with E-state index in [4.69, 9.17) is 11.6 Å². The molecule has 30 heavy (non-hydrogen) atoms. The molecular formula is C22H28ClFN4O2. The third-order valence-corrected chi connectivity index (χ3v) is 5.63. The molecule has 0 spiro atoms. The predicted octanol–water partition coefficient (Wildman–Crippen LogP) is 3.95. The van der Waals surface area contributed by atoms with Crippen molar-refractivity contribution in [3.63, 3.8) is 0 Å². The molecular weight excluding hydrogens is 407 g/mol. The van der Waals surface area contributed by atoms with Crippen molar-refractivity contribution >= 4 is 23.4 Å². The van der Waals surface area contributed by atoms with Crippen LogP contribution in [0.1, 0.15) is 51.5 Å². The molecule has 1 aromatic carbocycles. The van der Waals surface area contributed by atoms with E-state index in [1.54, 1.807) is 17.2 Å². The van der Waals surface area contributed by atoms with Gasteiger partial charge in [-0.1, -0.05) is 31.5 Å². The third kappa shape index (κ3) is 4.67. The van der Waals surface area contributed by atoms with Crippen LogP contribution in [-0.2, 0) is 22.7 Å². The first kappa shape index (κ1) is 22.3. The summed E-state index contributed by atoms with van der Waals surface area (Å²) in [7, 11) is 0. The Hall–Kier alpha value is -2.41. The van der Waals surface area contributed by atoms with Gasteiger partial charge in [0.25, 0.3) is 0 Å². The highest BCUT2D eigenvalue weighted by molar-refractivity contribution is 6.30. The summed E-state index contributed by atoms with van der Waals surface area (Å²) in [5.41, 5.74) is 0.568. The third-order valence-electron chi connectivity index (χ3n) is 5.33. The van der Waals surface area contributed by atoms with Crippen molar-refractivity contribution in [2.24, 2.45) is 11.8 Å². The molecule has 2 amide bonds. The molecule has 2 heterocycles. The summed E-state index contributed by atoms with van der Waals surface area (Å²) in [6, 6.07) is 3.80. The van der Waals surface area contributed by atoms with Crippen LogP contribution in [0.3, 0.4) is 0 Å². The minimum atomic E-state index is -0.617. The fourth-order valence-corrected chi connectivity index (χ4v) is 4.17. The number of nitrogens with zero attached hydrogens (tertiary/aromatic N) is 3. The number of nitrogens with one attached hydrogen (secondary N) is 1. The minimum Gasteiger partial charge on any atom is -0.349 e. The molecule has 1 fully saturated rings. The van der Waals surface area contributed by atoms with Crippen molar-refractivity contribution in [3.8, 4) is 0 Å². The van der Waals surface area contributed by atoms with Crippen LogP contribution in [0.25, 0.3) is 0 Å². The molecule has 1 aliphatic heterocycles. The van der Waals surface area contributed by atoms with Gasteiger partial charge in [0.1, 0.15) is 11.6 Å². The maximum Gasteiger partial charge on any atom is 0.226 e. The van der Waals surface area contributed by atoms with E-state index in [1.807, 2.05) is 24.6 Å². The Kier molecular flexibility index (Phi) is 6.81. The lowest BCUT2D eigenvalue weighted by molar-refractivity contribution is -0.130. The van der Waals surface area contributed by atoms with Gasteiger partial charge in [-0.25, -0.2) is 9.37 Å². The van der Waals surface area contributed by atoms with Crippen molar-refractivity contribution < 1.29 is 14.0 Å². The van der Waals surface area contributed by atoms with Crippen LogP contribution < -0.4 is 5.32 Å². The fourth-order valence-electron chi connectivity index (χ4n) is 4.05. The van der Waals surface area contributed by atoms with Crippen LogP contribution in [0.15, 0.2) is 30.6 Å². The van der Waals surface area contributed by atoms with Gasteiger partial charge in [-0.2, -0.15) is 0 Å². The zero-order valence-corrected chi connectivity index (χ0v) is 18.5. The fraction of sp³-hybridized carbons (Fsp3) is 0.500. The van der Waals surface area contributed by atoms with Gasteiger partial charge < -0.3 is 14.8 Å². The van der Waals surface area contributed by atoms with Crippen molar-refractivity contribution in [1.82, 2.24) is 19.8 Å². The van der Waals surface area contributed by atoms with E-state index >= 15 is 0 Å². The van der Waals surface area contributed by atoms with Gasteiger partial charge in [-0.15, -0.1) is 0 Å². The SMILES string of the molecule is CC(C)Cn1ccnc1CNC(=O)C1CC(=O)N(C(C)C)C1c1ccc(Cl)c(F)c1. The first-order chi connectivity index (χ1) is 14.2. The Morgan fingerprint density at radius 1 is 1.33 bits per heavy atom. The van der Waals surface area contributed by atoms with Crippen LogP contribution in [0.4, 0.5) is 4.39 Å². The molecule has 1 saturated heterocycles. The lowest BCUT2D eigenvalue weighted by Gasteiger charge is -2.31. The van der Waals surface area contributed by atoms with Crippen molar-refractivity contribution in [2.45, 2.75) is 59.3 Å². The number of benzene rings is 1. The van der Waals surface area contributed by atoms with E-state index in [9.17, 15) is 14.0 Å². The van der Waals surface area contributed by atoms with Gasteiger partial charge in [0, 0.05) is 31.4 Å². The summed E-state index contributed by atoms with van der Waals surface area (Å²) >= 11 is 5.83. The molecule has 1 aromatic heterocycles. The number of hydrogen-bond donors (Lipinski definition) is 1. The number of hydrogen-bond acceptors (Lipinski definition) is 3. The Labute approximate surface area is 181 Å². The second-order valence-corrected chi connectivity index (χ2v) is 8.84. The predicted molar refractivity (Wildman–Crippen MR) is 113 cm³/mol. The topological polar surface area (TPSA) is 67.2 Å². The lowest BCUT2D eigenvalue weighted by Crippen LogP contribution is -2.38. The smallest absolute Gasteiger partial charge is 0.226 e. The number of halogens is 2. The summed E-state index contributed by atoms with van der Waals surface area (Å²) in [4.78, 5) is 31.8. The first-order valence-corrected chi connectivity index (χ1v) is 10.6. The maximum absolute atomic E-state index is 14.1. The zero-order valence-electron chi connectivity index (χ0n) is 17.7. The Bertz CT molecular complexity index is 928. The summed E-state index contributed by atoms with van der Waals surface area (Å²) < 4.78 is 16.1. The second kappa shape index (κ2) is 9.16. The molecule has 0 saturated carbocycles. The van der Waals surface area contributed by atoms with Gasteiger partial charge in [-0.3, -0.25) is 9.59 Å². The standard InChI is InChI=1S/C22H28ClFN4O2/c1-13(2)12-27-8-7-25-19(27)11-26-22(30)16-10-20(29)28(14(3)4)21(16)15-5-6-17(23)18(24)9-15/h5-9,13-14,16,21H,10-12H2,1-4H3,(H,26,30). The summed E-state index contributed by atoms with van der Waals surface area (Å²) in [6.07, 6.45) is 3.68. The number of aromatic nitrogens is 2. The molecule has 8 heteroatoms. The molecule has 3 rings (SSSR count). The maximum atomic E-state index is 14.1. The number of rotatable bonds is 7. The number of imidazole rings is 1. The highest BCUT2D eigenvalue weighted by atomic mass is 35.5. The van der Waals surface area contributed by atoms with E-state index in [0.717, 1.165) is 12.4 Å². The molecule has 1 aliphatic rings. The zero-order chi connectivity index (χ0) is 22.0. The Morgan fingerprint density at radius 3 is 2.70 bits per heavy atom. The van der Waals surface area contributed by atoms with Crippen molar-refractivity contribution in [2.75, 3.05) is 0 Å². The van der Waals surface area contributed by atoms with Crippen LogP contribution in [-0.4, -0.2) is 32.3 Å². The molecule has 1 N–H and O–H groups in total. The molecule has 0 aliphatic carbocycles. The molecule has 2 atom stereocenters. The van der Waals surface area contributed by atoms with Gasteiger partial charge in [0.05, 0.1) is 23.5 Å². The monoisotopic (exact) mass is 434 g/mol. The highest BCUT2D eigenvalue weighted by Crippen LogP contribution is 2.40. The molecule has 6 nitrogen and oxygen atoms in total. The van der Waals surface area contributed by atoms with E-state index in [0.29, 0.717) is 11.5 Å². The molecule has 0 radical (unpaired) electrons. The Balaban J connectivity index is 1.81. The normalized spacial score (nSPS) is 19.2. The number of likely N-dealkylation sites (tertiary alicyclic amines) is 1. The van der Waals surface area contributed by atoms with Crippen LogP contribution in [0.2, 0.25) is 5.02 Å². The number of carbonyl (C=O) groups is 2. The molecule has 162 valence electrons. The van der Waals surface area contributed by atoms with Crippen LogP contribution in [0.5, 0.6) is 0 Å². The molecule has 0 bridgehead atoms. The second-order valence-electron chi connectivity index (χ2n) is 8.43. The summed E-state index contributed by atoms with van der Waals surface area (Å²) in [5, 5.41) is 2.94. The average Bonchev–Trinajstić information content (AvgIpc) is 3.25. The van der Waals surface area contributed by atoms with Crippen LogP contribution >= 0.6 is 11.6 Å². The highest BCUT2D eigenvalue weighted by Gasteiger charge is 2.45. The number of carbonyl (C=O) groups excluding carboxylic acids is 2. The summed E-state index contributed by atoms with van der Waals surface area (Å²) in [5.74, 6) is -0.333. The first-order valence-electron chi connectivity index (χ1n) is 10.2. The lowest BCUT2D eigenvalue weighted by atomic mass is 9.92. The average molecular weight is 435 g/mol. The van der Waals surface area contributed by atoms with Gasteiger partial charge in [-0.05, 0) is 37.5 Å². The number of amides is 2. The van der Waals surface area contributed by atoms with E-state index in [2.05, 4.69) is 24.1 Å². The van der Waals surface area contributed by atoms with Crippen LogP contribution in [0, 0.1) is 17.7 Å². The molecule has 2 unspecified atom stereocenters. The van der Waals surface area contributed by atoms with E-state index in [1.165, 1.54) is 12.1 Å². The molecule has 2 aromatic rings. The van der Waals surface area contributed by atoms with E-state index in [-0.39, 0.29) is 35.8 Å². The quantitative estimate of drug-likeness (QED) is 0.717. The Morgan fingerprint density at radius 2 is 2.07 bits per heavy atom. The van der Waals surface area contributed by atoms with Crippen molar-refractivity contribution in [1.29, 1.82) is 0 Å². The van der Waals surface area contributed by atoms with Gasteiger partial charge in [0.15, 0.2) is 0 Å².